The Morgan fingerprint density at radius 3 is 2.48 bits per heavy atom. The summed E-state index contributed by atoms with van der Waals surface area (Å²) in [4.78, 5) is 23.1. The third-order valence-electron chi connectivity index (χ3n) is 4.78. The molecule has 1 amide bonds. The van der Waals surface area contributed by atoms with Gasteiger partial charge >= 0.3 is 0 Å². The van der Waals surface area contributed by atoms with Crippen molar-refractivity contribution in [3.05, 3.63) is 47.5 Å². The minimum absolute atomic E-state index is 0.114. The quantitative estimate of drug-likeness (QED) is 0.845. The lowest BCUT2D eigenvalue weighted by Gasteiger charge is -2.30. The highest BCUT2D eigenvalue weighted by molar-refractivity contribution is 5.94. The third kappa shape index (κ3) is 5.15. The highest BCUT2D eigenvalue weighted by Gasteiger charge is 2.23. The number of hydrogen-bond donors (Lipinski definition) is 2. The number of anilines is 2. The largest absolute Gasteiger partial charge is 0.367 e. The molecule has 2 N–H and O–H groups in total. The zero-order valence-electron chi connectivity index (χ0n) is 16.0. The lowest BCUT2D eigenvalue weighted by atomic mass is 9.91. The molecule has 0 radical (unpaired) electrons. The number of aryl methyl sites for hydroxylation is 1. The summed E-state index contributed by atoms with van der Waals surface area (Å²) in [5.41, 5.74) is 0.364. The molecule has 1 saturated carbocycles. The molecule has 0 spiro atoms. The third-order valence-corrected chi connectivity index (χ3v) is 4.78. The van der Waals surface area contributed by atoms with Gasteiger partial charge in [0.05, 0.1) is 0 Å². The van der Waals surface area contributed by atoms with Crippen LogP contribution in [-0.4, -0.2) is 42.1 Å². The molecule has 0 bridgehead atoms. The number of halogens is 1. The molecule has 0 saturated heterocycles. The van der Waals surface area contributed by atoms with Crippen molar-refractivity contribution >= 4 is 17.5 Å². The average Bonchev–Trinajstić information content (AvgIpc) is 2.63. The fraction of sp³-hybridized carbons (Fsp3) is 0.450. The summed E-state index contributed by atoms with van der Waals surface area (Å²) in [5.74, 6) is 1.83. The van der Waals surface area contributed by atoms with Gasteiger partial charge in [-0.1, -0.05) is 6.07 Å². The maximum atomic E-state index is 13.3. The normalized spacial score (nSPS) is 19.4. The van der Waals surface area contributed by atoms with Crippen LogP contribution in [0.2, 0.25) is 0 Å². The lowest BCUT2D eigenvalue weighted by Crippen LogP contribution is -2.40. The second kappa shape index (κ2) is 8.33. The molecule has 144 valence electrons. The molecule has 2 aromatic rings. The predicted octanol–water partition coefficient (Wildman–Crippen LogP) is 3.14. The van der Waals surface area contributed by atoms with Crippen molar-refractivity contribution in [2.75, 3.05) is 24.3 Å². The number of carbonyl (C=O) groups excluding carboxylic acids is 1. The molecule has 1 fully saturated rings. The van der Waals surface area contributed by atoms with Gasteiger partial charge in [-0.15, -0.1) is 0 Å². The van der Waals surface area contributed by atoms with Gasteiger partial charge in [-0.3, -0.25) is 4.79 Å². The first kappa shape index (κ1) is 19.1. The SMILES string of the molecule is Cc1nc(NC2CCC(NC(=O)c3cccc(F)c3)CC2)cc(N(C)C)n1. The number of nitrogens with zero attached hydrogens (tertiary/aromatic N) is 3. The van der Waals surface area contributed by atoms with E-state index in [2.05, 4.69) is 20.6 Å². The molecule has 0 atom stereocenters. The molecule has 1 heterocycles. The van der Waals surface area contributed by atoms with E-state index in [-0.39, 0.29) is 11.9 Å². The van der Waals surface area contributed by atoms with Crippen LogP contribution >= 0.6 is 0 Å². The van der Waals surface area contributed by atoms with Gasteiger partial charge in [0.1, 0.15) is 23.3 Å². The van der Waals surface area contributed by atoms with Crippen LogP contribution in [0.4, 0.5) is 16.0 Å². The van der Waals surface area contributed by atoms with Crippen molar-refractivity contribution in [3.63, 3.8) is 0 Å². The van der Waals surface area contributed by atoms with E-state index in [1.807, 2.05) is 32.0 Å². The average molecular weight is 371 g/mol. The summed E-state index contributed by atoms with van der Waals surface area (Å²) >= 11 is 0. The van der Waals surface area contributed by atoms with E-state index in [1.54, 1.807) is 12.1 Å². The maximum absolute atomic E-state index is 13.3. The minimum Gasteiger partial charge on any atom is -0.367 e. The molecular formula is C20H26FN5O. The second-order valence-electron chi connectivity index (χ2n) is 7.23. The Morgan fingerprint density at radius 2 is 1.81 bits per heavy atom. The summed E-state index contributed by atoms with van der Waals surface area (Å²) in [6.07, 6.45) is 3.63. The van der Waals surface area contributed by atoms with E-state index < -0.39 is 5.82 Å². The standard InChI is InChI=1S/C20H26FN5O/c1-13-22-18(12-19(23-13)26(2)3)24-16-7-9-17(10-8-16)25-20(27)14-5-4-6-15(21)11-14/h4-6,11-12,16-17H,7-10H2,1-3H3,(H,25,27)(H,22,23,24). The Kier molecular flexibility index (Phi) is 5.88. The molecule has 0 unspecified atom stereocenters. The molecular weight excluding hydrogens is 345 g/mol. The highest BCUT2D eigenvalue weighted by atomic mass is 19.1. The monoisotopic (exact) mass is 371 g/mol. The van der Waals surface area contributed by atoms with Gasteiger partial charge in [0.25, 0.3) is 5.91 Å². The molecule has 1 aromatic carbocycles. The van der Waals surface area contributed by atoms with Crippen molar-refractivity contribution in [3.8, 4) is 0 Å². The van der Waals surface area contributed by atoms with Crippen LogP contribution in [0.3, 0.4) is 0 Å². The minimum atomic E-state index is -0.396. The topological polar surface area (TPSA) is 70.2 Å². The number of aromatic nitrogens is 2. The van der Waals surface area contributed by atoms with Crippen LogP contribution < -0.4 is 15.5 Å². The maximum Gasteiger partial charge on any atom is 0.251 e. The molecule has 7 heteroatoms. The van der Waals surface area contributed by atoms with Crippen molar-refractivity contribution in [2.24, 2.45) is 0 Å². The summed E-state index contributed by atoms with van der Waals surface area (Å²) in [6.45, 7) is 1.89. The Balaban J connectivity index is 1.53. The first-order chi connectivity index (χ1) is 12.9. The molecule has 1 aliphatic carbocycles. The number of benzene rings is 1. The summed E-state index contributed by atoms with van der Waals surface area (Å²) < 4.78 is 13.3. The smallest absolute Gasteiger partial charge is 0.251 e. The summed E-state index contributed by atoms with van der Waals surface area (Å²) in [6, 6.07) is 8.17. The molecule has 0 aliphatic heterocycles. The molecule has 6 nitrogen and oxygen atoms in total. The van der Waals surface area contributed by atoms with Gasteiger partial charge in [0.2, 0.25) is 0 Å². The zero-order chi connectivity index (χ0) is 19.4. The Morgan fingerprint density at radius 1 is 1.11 bits per heavy atom. The van der Waals surface area contributed by atoms with Gasteiger partial charge in [0.15, 0.2) is 0 Å². The fourth-order valence-electron chi connectivity index (χ4n) is 3.34. The van der Waals surface area contributed by atoms with Gasteiger partial charge < -0.3 is 15.5 Å². The van der Waals surface area contributed by atoms with E-state index in [4.69, 9.17) is 0 Å². The van der Waals surface area contributed by atoms with Gasteiger partial charge in [-0.05, 0) is 50.8 Å². The highest BCUT2D eigenvalue weighted by Crippen LogP contribution is 2.23. The van der Waals surface area contributed by atoms with Crippen LogP contribution in [0.15, 0.2) is 30.3 Å². The molecule has 1 aromatic heterocycles. The van der Waals surface area contributed by atoms with Gasteiger partial charge in [-0.25, -0.2) is 14.4 Å². The number of amides is 1. The summed E-state index contributed by atoms with van der Waals surface area (Å²) in [5, 5.41) is 6.50. The first-order valence-corrected chi connectivity index (χ1v) is 9.26. The first-order valence-electron chi connectivity index (χ1n) is 9.26. The van der Waals surface area contributed by atoms with Crippen LogP contribution in [0.25, 0.3) is 0 Å². The van der Waals surface area contributed by atoms with Crippen LogP contribution in [0, 0.1) is 12.7 Å². The molecule has 27 heavy (non-hydrogen) atoms. The van der Waals surface area contributed by atoms with Crippen molar-refractivity contribution in [1.29, 1.82) is 0 Å². The summed E-state index contributed by atoms with van der Waals surface area (Å²) in [7, 11) is 3.91. The van der Waals surface area contributed by atoms with E-state index in [0.717, 1.165) is 43.1 Å². The van der Waals surface area contributed by atoms with E-state index >= 15 is 0 Å². The predicted molar refractivity (Wildman–Crippen MR) is 105 cm³/mol. The number of hydrogen-bond acceptors (Lipinski definition) is 5. The van der Waals surface area contributed by atoms with E-state index in [1.165, 1.54) is 12.1 Å². The van der Waals surface area contributed by atoms with Crippen molar-refractivity contribution in [2.45, 2.75) is 44.7 Å². The lowest BCUT2D eigenvalue weighted by molar-refractivity contribution is 0.0926. The number of rotatable bonds is 5. The van der Waals surface area contributed by atoms with Crippen LogP contribution in [-0.2, 0) is 0 Å². The van der Waals surface area contributed by atoms with Crippen molar-refractivity contribution in [1.82, 2.24) is 15.3 Å². The molecule has 1 aliphatic rings. The Hall–Kier alpha value is -2.70. The second-order valence-corrected chi connectivity index (χ2v) is 7.23. The zero-order valence-corrected chi connectivity index (χ0v) is 16.0. The van der Waals surface area contributed by atoms with E-state index in [0.29, 0.717) is 11.6 Å². The molecule has 3 rings (SSSR count). The fourth-order valence-corrected chi connectivity index (χ4v) is 3.34. The van der Waals surface area contributed by atoms with Gasteiger partial charge in [-0.2, -0.15) is 0 Å². The van der Waals surface area contributed by atoms with Gasteiger partial charge in [0, 0.05) is 37.8 Å². The Labute approximate surface area is 159 Å². The van der Waals surface area contributed by atoms with Crippen LogP contribution in [0.5, 0.6) is 0 Å². The number of nitrogens with one attached hydrogen (secondary N) is 2. The van der Waals surface area contributed by atoms with E-state index in [9.17, 15) is 9.18 Å². The number of carbonyl (C=O) groups is 1. The van der Waals surface area contributed by atoms with Crippen LogP contribution in [0.1, 0.15) is 41.9 Å². The van der Waals surface area contributed by atoms with Crippen molar-refractivity contribution < 1.29 is 9.18 Å². The Bertz CT molecular complexity index is 803.